The van der Waals surface area contributed by atoms with Crippen LogP contribution in [0.15, 0.2) is 34.2 Å². The molecule has 1 aliphatic heterocycles. The molecule has 6 nitrogen and oxygen atoms in total. The van der Waals surface area contributed by atoms with Gasteiger partial charge in [0.25, 0.3) is 5.56 Å². The van der Waals surface area contributed by atoms with Gasteiger partial charge in [-0.1, -0.05) is 17.7 Å². The Bertz CT molecular complexity index is 937. The Hall–Kier alpha value is -1.70. The van der Waals surface area contributed by atoms with Crippen LogP contribution in [0.25, 0.3) is 0 Å². The number of fused-ring (bicyclic) bond motifs is 1. The lowest BCUT2D eigenvalue weighted by molar-refractivity contribution is 0.381. The van der Waals surface area contributed by atoms with E-state index in [0.717, 1.165) is 0 Å². The molecule has 23 heavy (non-hydrogen) atoms. The van der Waals surface area contributed by atoms with Gasteiger partial charge in [-0.05, 0) is 31.0 Å². The minimum absolute atomic E-state index is 0.0969. The first-order chi connectivity index (χ1) is 10.8. The number of nitrogens with zero attached hydrogens (tertiary/aromatic N) is 3. The number of halogens is 1. The van der Waals surface area contributed by atoms with E-state index in [1.807, 2.05) is 0 Å². The van der Waals surface area contributed by atoms with Gasteiger partial charge in [-0.2, -0.15) is 4.31 Å². The molecule has 1 aromatic heterocycles. The zero-order valence-corrected chi connectivity index (χ0v) is 14.4. The molecule has 1 aliphatic rings. The summed E-state index contributed by atoms with van der Waals surface area (Å²) >= 11 is 6.04. The molecule has 1 aromatic carbocycles. The number of aromatic nitrogens is 2. The Kier molecular flexibility index (Phi) is 4.03. The summed E-state index contributed by atoms with van der Waals surface area (Å²) in [5.74, 6) is 0. The number of hydrogen-bond acceptors (Lipinski definition) is 4. The van der Waals surface area contributed by atoms with Crippen molar-refractivity contribution in [2.75, 3.05) is 6.54 Å². The zero-order valence-electron chi connectivity index (χ0n) is 12.8. The predicted octanol–water partition coefficient (Wildman–Crippen LogP) is 1.49. The number of aryl methyl sites for hydroxylation is 1. The zero-order chi connectivity index (χ0) is 16.8. The highest BCUT2D eigenvalue weighted by molar-refractivity contribution is 7.89. The molecule has 3 rings (SSSR count). The smallest absolute Gasteiger partial charge is 0.256 e. The van der Waals surface area contributed by atoms with E-state index >= 15 is 0 Å². The number of hydrogen-bond donors (Lipinski definition) is 0. The topological polar surface area (TPSA) is 72.3 Å². The molecule has 0 spiro atoms. The molecule has 0 radical (unpaired) electrons. The number of sulfonamides is 1. The van der Waals surface area contributed by atoms with Crippen LogP contribution in [-0.4, -0.2) is 28.8 Å². The summed E-state index contributed by atoms with van der Waals surface area (Å²) in [5.41, 5.74) is 1.51. The standard InChI is InChI=1S/C15H16ClN3O3S/c1-10-12(16)4-3-5-14(10)23(21,22)19-7-6-11-13(8-19)17-9-18(2)15(11)20/h3-5,9H,6-8H2,1-2H3. The molecule has 122 valence electrons. The molecular weight excluding hydrogens is 338 g/mol. The normalized spacial score (nSPS) is 15.4. The number of rotatable bonds is 2. The van der Waals surface area contributed by atoms with Gasteiger partial charge >= 0.3 is 0 Å². The Morgan fingerprint density at radius 3 is 2.78 bits per heavy atom. The monoisotopic (exact) mass is 353 g/mol. The second kappa shape index (κ2) is 5.74. The summed E-state index contributed by atoms with van der Waals surface area (Å²) in [5, 5.41) is 0.412. The van der Waals surface area contributed by atoms with E-state index in [1.165, 1.54) is 15.2 Å². The molecule has 0 N–H and O–H groups in total. The highest BCUT2D eigenvalue weighted by Crippen LogP contribution is 2.28. The average Bonchev–Trinajstić information content (AvgIpc) is 2.53. The van der Waals surface area contributed by atoms with E-state index in [9.17, 15) is 13.2 Å². The molecule has 0 fully saturated rings. The van der Waals surface area contributed by atoms with Crippen LogP contribution in [0.4, 0.5) is 0 Å². The van der Waals surface area contributed by atoms with Gasteiger partial charge < -0.3 is 4.57 Å². The molecule has 0 saturated carbocycles. The van der Waals surface area contributed by atoms with Gasteiger partial charge in [0.2, 0.25) is 10.0 Å². The highest BCUT2D eigenvalue weighted by atomic mass is 35.5. The largest absolute Gasteiger partial charge is 0.302 e. The lowest BCUT2D eigenvalue weighted by Crippen LogP contribution is -2.40. The van der Waals surface area contributed by atoms with Crippen LogP contribution >= 0.6 is 11.6 Å². The first-order valence-electron chi connectivity index (χ1n) is 7.11. The van der Waals surface area contributed by atoms with E-state index in [0.29, 0.717) is 28.3 Å². The fraction of sp³-hybridized carbons (Fsp3) is 0.333. The quantitative estimate of drug-likeness (QED) is 0.820. The van der Waals surface area contributed by atoms with Crippen molar-refractivity contribution in [2.45, 2.75) is 24.8 Å². The van der Waals surface area contributed by atoms with Crippen LogP contribution in [-0.2, 0) is 30.0 Å². The minimum Gasteiger partial charge on any atom is -0.302 e. The molecule has 0 atom stereocenters. The van der Waals surface area contributed by atoms with Gasteiger partial charge in [0.15, 0.2) is 0 Å². The van der Waals surface area contributed by atoms with E-state index in [1.54, 1.807) is 32.2 Å². The van der Waals surface area contributed by atoms with Crippen LogP contribution in [0.2, 0.25) is 5.02 Å². The molecular formula is C15H16ClN3O3S. The molecule has 0 unspecified atom stereocenters. The minimum atomic E-state index is -3.68. The maximum atomic E-state index is 12.9. The lowest BCUT2D eigenvalue weighted by atomic mass is 10.1. The third-order valence-corrected chi connectivity index (χ3v) is 6.49. The Morgan fingerprint density at radius 2 is 2.04 bits per heavy atom. The van der Waals surface area contributed by atoms with Crippen molar-refractivity contribution < 1.29 is 8.42 Å². The van der Waals surface area contributed by atoms with E-state index < -0.39 is 10.0 Å². The van der Waals surface area contributed by atoms with Gasteiger partial charge in [-0.25, -0.2) is 13.4 Å². The molecule has 8 heteroatoms. The van der Waals surface area contributed by atoms with Crippen LogP contribution in [0, 0.1) is 6.92 Å². The van der Waals surface area contributed by atoms with Crippen molar-refractivity contribution in [2.24, 2.45) is 7.05 Å². The fourth-order valence-corrected chi connectivity index (χ4v) is 4.58. The summed E-state index contributed by atoms with van der Waals surface area (Å²) in [6.45, 7) is 2.03. The van der Waals surface area contributed by atoms with E-state index in [4.69, 9.17) is 11.6 Å². The third-order valence-electron chi connectivity index (χ3n) is 4.09. The van der Waals surface area contributed by atoms with Gasteiger partial charge in [0.05, 0.1) is 23.5 Å². The molecule has 0 saturated heterocycles. The van der Waals surface area contributed by atoms with E-state index in [2.05, 4.69) is 4.98 Å². The SMILES string of the molecule is Cc1c(Cl)cccc1S(=O)(=O)N1CCc2c(ncn(C)c2=O)C1. The average molecular weight is 354 g/mol. The van der Waals surface area contributed by atoms with Gasteiger partial charge in [-0.3, -0.25) is 4.79 Å². The van der Waals surface area contributed by atoms with E-state index in [-0.39, 0.29) is 23.5 Å². The summed E-state index contributed by atoms with van der Waals surface area (Å²) in [6.07, 6.45) is 1.77. The van der Waals surface area contributed by atoms with Crippen molar-refractivity contribution in [1.29, 1.82) is 0 Å². The summed E-state index contributed by atoms with van der Waals surface area (Å²) in [6, 6.07) is 4.82. The second-order valence-corrected chi connectivity index (χ2v) is 7.85. The summed E-state index contributed by atoms with van der Waals surface area (Å²) < 4.78 is 28.5. The second-order valence-electron chi connectivity index (χ2n) is 5.54. The summed E-state index contributed by atoms with van der Waals surface area (Å²) in [4.78, 5) is 16.5. The maximum absolute atomic E-state index is 12.9. The Labute approximate surface area is 139 Å². The molecule has 0 amide bonds. The van der Waals surface area contributed by atoms with Crippen LogP contribution in [0.5, 0.6) is 0 Å². The van der Waals surface area contributed by atoms with Crippen molar-refractivity contribution in [1.82, 2.24) is 13.9 Å². The Balaban J connectivity index is 2.02. The van der Waals surface area contributed by atoms with Crippen molar-refractivity contribution in [3.63, 3.8) is 0 Å². The predicted molar refractivity (Wildman–Crippen MR) is 87.0 cm³/mol. The first-order valence-corrected chi connectivity index (χ1v) is 8.93. The van der Waals surface area contributed by atoms with Gasteiger partial charge in [-0.15, -0.1) is 0 Å². The maximum Gasteiger partial charge on any atom is 0.256 e. The van der Waals surface area contributed by atoms with Crippen molar-refractivity contribution in [3.05, 3.63) is 56.7 Å². The highest BCUT2D eigenvalue weighted by Gasteiger charge is 2.31. The van der Waals surface area contributed by atoms with Crippen LogP contribution in [0.3, 0.4) is 0 Å². The van der Waals surface area contributed by atoms with Gasteiger partial charge in [0.1, 0.15) is 0 Å². The molecule has 2 heterocycles. The van der Waals surface area contributed by atoms with Crippen molar-refractivity contribution in [3.8, 4) is 0 Å². The number of benzene rings is 1. The van der Waals surface area contributed by atoms with Crippen molar-refractivity contribution >= 4 is 21.6 Å². The fourth-order valence-electron chi connectivity index (χ4n) is 2.70. The van der Waals surface area contributed by atoms with Crippen LogP contribution in [0.1, 0.15) is 16.8 Å². The molecule has 2 aromatic rings. The third kappa shape index (κ3) is 2.69. The summed E-state index contributed by atoms with van der Waals surface area (Å²) in [7, 11) is -2.05. The van der Waals surface area contributed by atoms with Crippen LogP contribution < -0.4 is 5.56 Å². The Morgan fingerprint density at radius 1 is 1.30 bits per heavy atom. The molecule has 0 bridgehead atoms. The first kappa shape index (κ1) is 16.2. The molecule has 0 aliphatic carbocycles. The van der Waals surface area contributed by atoms with Gasteiger partial charge in [0, 0.05) is 24.2 Å². The lowest BCUT2D eigenvalue weighted by Gasteiger charge is -2.27.